The molecular formula is C21H29BrCl2N2. The SMILES string of the molecule is Cc1ccccc1CNC1CCCCC1NCc1ccc(Br)cc1.Cl.Cl. The Morgan fingerprint density at radius 2 is 1.42 bits per heavy atom. The third-order valence-corrected chi connectivity index (χ3v) is 5.59. The van der Waals surface area contributed by atoms with E-state index < -0.39 is 0 Å². The Morgan fingerprint density at radius 1 is 0.846 bits per heavy atom. The van der Waals surface area contributed by atoms with E-state index in [-0.39, 0.29) is 24.8 Å². The van der Waals surface area contributed by atoms with E-state index in [4.69, 9.17) is 0 Å². The summed E-state index contributed by atoms with van der Waals surface area (Å²) in [5.74, 6) is 0. The Morgan fingerprint density at radius 3 is 2.04 bits per heavy atom. The minimum atomic E-state index is 0. The fourth-order valence-electron chi connectivity index (χ4n) is 3.52. The third-order valence-electron chi connectivity index (χ3n) is 5.06. The van der Waals surface area contributed by atoms with E-state index in [2.05, 4.69) is 82.0 Å². The zero-order valence-corrected chi connectivity index (χ0v) is 18.4. The zero-order valence-electron chi connectivity index (χ0n) is 15.2. The minimum Gasteiger partial charge on any atom is -0.308 e. The molecule has 0 aromatic heterocycles. The van der Waals surface area contributed by atoms with Crippen LogP contribution in [-0.4, -0.2) is 12.1 Å². The average Bonchev–Trinajstić information content (AvgIpc) is 2.61. The van der Waals surface area contributed by atoms with Crippen molar-refractivity contribution < 1.29 is 0 Å². The van der Waals surface area contributed by atoms with Crippen LogP contribution in [0.4, 0.5) is 0 Å². The highest BCUT2D eigenvalue weighted by atomic mass is 79.9. The summed E-state index contributed by atoms with van der Waals surface area (Å²) in [6, 6.07) is 18.4. The van der Waals surface area contributed by atoms with Crippen molar-refractivity contribution in [2.75, 3.05) is 0 Å². The van der Waals surface area contributed by atoms with Gasteiger partial charge in [0.1, 0.15) is 0 Å². The highest BCUT2D eigenvalue weighted by Crippen LogP contribution is 2.20. The van der Waals surface area contributed by atoms with Crippen molar-refractivity contribution in [2.45, 2.75) is 57.8 Å². The number of hydrogen-bond donors (Lipinski definition) is 2. The number of rotatable bonds is 6. The van der Waals surface area contributed by atoms with Crippen LogP contribution in [0, 0.1) is 6.92 Å². The Bertz CT molecular complexity index is 649. The van der Waals surface area contributed by atoms with Crippen LogP contribution in [0.1, 0.15) is 42.4 Å². The number of nitrogens with one attached hydrogen (secondary N) is 2. The molecular weight excluding hydrogens is 431 g/mol. The van der Waals surface area contributed by atoms with Crippen molar-refractivity contribution in [1.29, 1.82) is 0 Å². The van der Waals surface area contributed by atoms with Gasteiger partial charge in [-0.25, -0.2) is 0 Å². The van der Waals surface area contributed by atoms with Crippen LogP contribution >= 0.6 is 40.7 Å². The predicted octanol–water partition coefficient (Wildman–Crippen LogP) is 5.79. The molecule has 1 saturated carbocycles. The summed E-state index contributed by atoms with van der Waals surface area (Å²) in [5.41, 5.74) is 4.14. The average molecular weight is 460 g/mol. The lowest BCUT2D eigenvalue weighted by Gasteiger charge is -2.33. The van der Waals surface area contributed by atoms with E-state index in [0.29, 0.717) is 12.1 Å². The summed E-state index contributed by atoms with van der Waals surface area (Å²) < 4.78 is 1.14. The predicted molar refractivity (Wildman–Crippen MR) is 120 cm³/mol. The van der Waals surface area contributed by atoms with E-state index in [9.17, 15) is 0 Å². The van der Waals surface area contributed by atoms with Gasteiger partial charge in [-0.15, -0.1) is 24.8 Å². The lowest BCUT2D eigenvalue weighted by molar-refractivity contribution is 0.281. The molecule has 0 saturated heterocycles. The van der Waals surface area contributed by atoms with Crippen LogP contribution in [0.15, 0.2) is 53.0 Å². The molecule has 144 valence electrons. The van der Waals surface area contributed by atoms with Gasteiger partial charge < -0.3 is 10.6 Å². The van der Waals surface area contributed by atoms with Crippen LogP contribution < -0.4 is 10.6 Å². The van der Waals surface area contributed by atoms with Crippen LogP contribution in [0.5, 0.6) is 0 Å². The van der Waals surface area contributed by atoms with Crippen molar-refractivity contribution in [1.82, 2.24) is 10.6 Å². The van der Waals surface area contributed by atoms with E-state index in [1.165, 1.54) is 42.4 Å². The monoisotopic (exact) mass is 458 g/mol. The first kappa shape index (κ1) is 23.5. The molecule has 1 aliphatic rings. The fourth-order valence-corrected chi connectivity index (χ4v) is 3.78. The Hall–Kier alpha value is -0.580. The van der Waals surface area contributed by atoms with E-state index in [0.717, 1.165) is 17.6 Å². The van der Waals surface area contributed by atoms with Gasteiger partial charge in [-0.3, -0.25) is 0 Å². The zero-order chi connectivity index (χ0) is 16.8. The van der Waals surface area contributed by atoms with Crippen LogP contribution in [0.3, 0.4) is 0 Å². The van der Waals surface area contributed by atoms with E-state index in [1.807, 2.05) is 0 Å². The fraction of sp³-hybridized carbons (Fsp3) is 0.429. The van der Waals surface area contributed by atoms with Gasteiger partial charge in [0.25, 0.3) is 0 Å². The second kappa shape index (κ2) is 12.0. The molecule has 2 atom stereocenters. The summed E-state index contributed by atoms with van der Waals surface area (Å²) in [4.78, 5) is 0. The molecule has 26 heavy (non-hydrogen) atoms. The first-order valence-corrected chi connectivity index (χ1v) is 9.77. The standard InChI is InChI=1S/C21H27BrN2.2ClH/c1-16-6-2-3-7-18(16)15-24-21-9-5-4-8-20(21)23-14-17-10-12-19(22)13-11-17;;/h2-3,6-7,10-13,20-21,23-24H,4-5,8-9,14-15H2,1H3;2*1H. The van der Waals surface area contributed by atoms with Crippen LogP contribution in [0.25, 0.3) is 0 Å². The lowest BCUT2D eigenvalue weighted by atomic mass is 9.90. The van der Waals surface area contributed by atoms with Gasteiger partial charge in [0, 0.05) is 29.6 Å². The van der Waals surface area contributed by atoms with Crippen molar-refractivity contribution in [3.05, 3.63) is 69.7 Å². The van der Waals surface area contributed by atoms with Gasteiger partial charge >= 0.3 is 0 Å². The first-order chi connectivity index (χ1) is 11.7. The normalized spacial score (nSPS) is 19.3. The van der Waals surface area contributed by atoms with Crippen molar-refractivity contribution in [3.8, 4) is 0 Å². The first-order valence-electron chi connectivity index (χ1n) is 8.98. The Balaban J connectivity index is 0.00000169. The smallest absolute Gasteiger partial charge is 0.0224 e. The van der Waals surface area contributed by atoms with Crippen molar-refractivity contribution >= 4 is 40.7 Å². The molecule has 2 nitrogen and oxygen atoms in total. The van der Waals surface area contributed by atoms with Crippen molar-refractivity contribution in [3.63, 3.8) is 0 Å². The second-order valence-electron chi connectivity index (χ2n) is 6.81. The number of halogens is 3. The number of benzene rings is 2. The maximum Gasteiger partial charge on any atom is 0.0224 e. The molecule has 2 N–H and O–H groups in total. The molecule has 0 heterocycles. The topological polar surface area (TPSA) is 24.1 Å². The van der Waals surface area contributed by atoms with Crippen LogP contribution in [-0.2, 0) is 13.1 Å². The molecule has 0 amide bonds. The molecule has 5 heteroatoms. The van der Waals surface area contributed by atoms with Gasteiger partial charge in [-0.2, -0.15) is 0 Å². The molecule has 0 aliphatic heterocycles. The maximum atomic E-state index is 3.80. The summed E-state index contributed by atoms with van der Waals surface area (Å²) in [5, 5.41) is 7.58. The van der Waals surface area contributed by atoms with Crippen molar-refractivity contribution in [2.24, 2.45) is 0 Å². The maximum absolute atomic E-state index is 3.80. The molecule has 0 radical (unpaired) electrons. The Kier molecular flexibility index (Phi) is 10.8. The van der Waals surface area contributed by atoms with Gasteiger partial charge in [0.05, 0.1) is 0 Å². The molecule has 0 bridgehead atoms. The largest absolute Gasteiger partial charge is 0.308 e. The quantitative estimate of drug-likeness (QED) is 0.570. The summed E-state index contributed by atoms with van der Waals surface area (Å²) in [6.45, 7) is 4.11. The number of hydrogen-bond acceptors (Lipinski definition) is 2. The van der Waals surface area contributed by atoms with E-state index in [1.54, 1.807) is 0 Å². The molecule has 2 aromatic carbocycles. The van der Waals surface area contributed by atoms with Gasteiger partial charge in [0.15, 0.2) is 0 Å². The highest BCUT2D eigenvalue weighted by Gasteiger charge is 2.24. The second-order valence-corrected chi connectivity index (χ2v) is 7.73. The Labute approximate surface area is 178 Å². The number of aryl methyl sites for hydroxylation is 1. The van der Waals surface area contributed by atoms with Gasteiger partial charge in [0.2, 0.25) is 0 Å². The molecule has 2 aromatic rings. The van der Waals surface area contributed by atoms with Gasteiger partial charge in [-0.1, -0.05) is 65.2 Å². The van der Waals surface area contributed by atoms with Crippen LogP contribution in [0.2, 0.25) is 0 Å². The summed E-state index contributed by atoms with van der Waals surface area (Å²) in [6.07, 6.45) is 5.20. The molecule has 1 fully saturated rings. The van der Waals surface area contributed by atoms with Gasteiger partial charge in [-0.05, 0) is 48.6 Å². The van der Waals surface area contributed by atoms with E-state index >= 15 is 0 Å². The molecule has 3 rings (SSSR count). The summed E-state index contributed by atoms with van der Waals surface area (Å²) >= 11 is 3.50. The summed E-state index contributed by atoms with van der Waals surface area (Å²) in [7, 11) is 0. The minimum absolute atomic E-state index is 0. The molecule has 1 aliphatic carbocycles. The third kappa shape index (κ3) is 6.86. The highest BCUT2D eigenvalue weighted by molar-refractivity contribution is 9.10. The molecule has 2 unspecified atom stereocenters. The molecule has 0 spiro atoms. The lowest BCUT2D eigenvalue weighted by Crippen LogP contribution is -2.49.